The van der Waals surface area contributed by atoms with Crippen molar-refractivity contribution in [2.45, 2.75) is 39.0 Å². The first kappa shape index (κ1) is 18.9. The van der Waals surface area contributed by atoms with E-state index in [-0.39, 0.29) is 18.3 Å². The summed E-state index contributed by atoms with van der Waals surface area (Å²) in [6.45, 7) is 6.15. The van der Waals surface area contributed by atoms with Crippen molar-refractivity contribution in [3.05, 3.63) is 27.2 Å². The molecule has 3 rings (SSSR count). The second kappa shape index (κ2) is 8.09. The van der Waals surface area contributed by atoms with E-state index in [2.05, 4.69) is 27.6 Å². The third-order valence-corrected chi connectivity index (χ3v) is 5.65. The highest BCUT2D eigenvalue weighted by molar-refractivity contribution is 7.14. The summed E-state index contributed by atoms with van der Waals surface area (Å²) in [4.78, 5) is 19.0. The Morgan fingerprint density at radius 3 is 2.79 bits per heavy atom. The number of carbonyl (C=O) groups excluding carboxylic acids is 1. The number of hydrogen-bond donors (Lipinski definition) is 2. The van der Waals surface area contributed by atoms with Gasteiger partial charge < -0.3 is 5.32 Å². The quantitative estimate of drug-likeness (QED) is 0.869. The Morgan fingerprint density at radius 2 is 2.17 bits per heavy atom. The molecule has 0 spiro atoms. The lowest BCUT2D eigenvalue weighted by atomic mass is 9.98. The molecule has 2 aromatic heterocycles. The Morgan fingerprint density at radius 1 is 1.46 bits per heavy atom. The van der Waals surface area contributed by atoms with Crippen LogP contribution in [0.25, 0.3) is 0 Å². The fourth-order valence-electron chi connectivity index (χ4n) is 2.91. The van der Waals surface area contributed by atoms with Crippen molar-refractivity contribution in [2.75, 3.05) is 18.4 Å². The molecule has 1 amide bonds. The van der Waals surface area contributed by atoms with Crippen molar-refractivity contribution < 1.29 is 4.79 Å². The fourth-order valence-corrected chi connectivity index (χ4v) is 3.92. The molecule has 132 valence electrons. The summed E-state index contributed by atoms with van der Waals surface area (Å²) in [5.74, 6) is 1.63. The molecule has 3 heterocycles. The average Bonchev–Trinajstić information content (AvgIpc) is 3.11. The number of carbonyl (C=O) groups is 1. The molecule has 2 aromatic rings. The minimum atomic E-state index is -0.106. The van der Waals surface area contributed by atoms with E-state index in [4.69, 9.17) is 0 Å². The van der Waals surface area contributed by atoms with Gasteiger partial charge in [-0.15, -0.1) is 23.7 Å². The molecule has 0 aromatic carbocycles. The van der Waals surface area contributed by atoms with E-state index in [1.165, 1.54) is 10.4 Å². The summed E-state index contributed by atoms with van der Waals surface area (Å²) in [6, 6.07) is 1.95. The largest absolute Gasteiger partial charge is 0.317 e. The molecule has 0 atom stereocenters. The van der Waals surface area contributed by atoms with Crippen LogP contribution in [0.3, 0.4) is 0 Å². The van der Waals surface area contributed by atoms with Gasteiger partial charge in [0.15, 0.2) is 5.82 Å². The van der Waals surface area contributed by atoms with E-state index in [1.54, 1.807) is 16.0 Å². The number of thiophene rings is 1. The number of hydrogen-bond acceptors (Lipinski definition) is 5. The van der Waals surface area contributed by atoms with Crippen molar-refractivity contribution in [1.82, 2.24) is 20.1 Å². The predicted octanol–water partition coefficient (Wildman–Crippen LogP) is 2.89. The van der Waals surface area contributed by atoms with E-state index in [0.29, 0.717) is 11.9 Å². The molecule has 8 heteroatoms. The molecule has 0 radical (unpaired) electrons. The molecule has 0 bridgehead atoms. The van der Waals surface area contributed by atoms with E-state index >= 15 is 0 Å². The molecule has 0 saturated carbocycles. The number of halogens is 1. The average molecular weight is 370 g/mol. The fraction of sp³-hybridized carbons (Fsp3) is 0.562. The zero-order valence-corrected chi connectivity index (χ0v) is 15.9. The second-order valence-electron chi connectivity index (χ2n) is 5.97. The van der Waals surface area contributed by atoms with Gasteiger partial charge in [-0.25, -0.2) is 4.68 Å². The van der Waals surface area contributed by atoms with Crippen LogP contribution in [-0.2, 0) is 13.5 Å². The smallest absolute Gasteiger partial charge is 0.268 e. The minimum absolute atomic E-state index is 0. The summed E-state index contributed by atoms with van der Waals surface area (Å²) in [5, 5.41) is 10.7. The Bertz CT molecular complexity index is 705. The monoisotopic (exact) mass is 369 g/mol. The number of nitrogens with zero attached hydrogens (tertiary/aromatic N) is 3. The van der Waals surface area contributed by atoms with Crippen LogP contribution in [0.4, 0.5) is 5.95 Å². The van der Waals surface area contributed by atoms with Gasteiger partial charge in [0.25, 0.3) is 5.91 Å². The topological polar surface area (TPSA) is 71.8 Å². The number of piperidine rings is 1. The van der Waals surface area contributed by atoms with Gasteiger partial charge in [-0.05, 0) is 50.9 Å². The van der Waals surface area contributed by atoms with Crippen LogP contribution >= 0.6 is 23.7 Å². The maximum Gasteiger partial charge on any atom is 0.268 e. The highest BCUT2D eigenvalue weighted by Gasteiger charge is 2.22. The molecule has 24 heavy (non-hydrogen) atoms. The van der Waals surface area contributed by atoms with Crippen molar-refractivity contribution >= 4 is 35.6 Å². The number of amides is 1. The number of rotatable bonds is 4. The van der Waals surface area contributed by atoms with Crippen LogP contribution in [-0.4, -0.2) is 33.8 Å². The number of aryl methyl sites for hydroxylation is 3. The van der Waals surface area contributed by atoms with Gasteiger partial charge >= 0.3 is 0 Å². The van der Waals surface area contributed by atoms with Crippen LogP contribution in [0.15, 0.2) is 6.07 Å². The molecule has 0 unspecified atom stereocenters. The minimum Gasteiger partial charge on any atom is -0.317 e. The molecular weight excluding hydrogens is 346 g/mol. The predicted molar refractivity (Wildman–Crippen MR) is 99.5 cm³/mol. The molecule has 6 nitrogen and oxygen atoms in total. The number of nitrogens with one attached hydrogen (secondary N) is 2. The Labute approximate surface area is 152 Å². The van der Waals surface area contributed by atoms with Gasteiger partial charge in [0.05, 0.1) is 4.88 Å². The zero-order chi connectivity index (χ0) is 16.4. The first-order valence-electron chi connectivity index (χ1n) is 8.10. The lowest BCUT2D eigenvalue weighted by Crippen LogP contribution is -2.27. The van der Waals surface area contributed by atoms with E-state index < -0.39 is 0 Å². The summed E-state index contributed by atoms with van der Waals surface area (Å²) in [6.07, 6.45) is 3.04. The Hall–Kier alpha value is -1.44. The Balaban J connectivity index is 0.00000208. The standard InChI is InChI=1S/C16H23N5OS.ClH/c1-4-12-10(2)9-13(23-12)15(22)19-16-18-14(20-21(16)3)11-5-7-17-8-6-11;/h9,11,17H,4-8H2,1-3H3,(H,18,19,20,22);1H. The lowest BCUT2D eigenvalue weighted by molar-refractivity contribution is 0.102. The maximum absolute atomic E-state index is 12.4. The van der Waals surface area contributed by atoms with Crippen molar-refractivity contribution in [3.63, 3.8) is 0 Å². The van der Waals surface area contributed by atoms with Crippen molar-refractivity contribution in [2.24, 2.45) is 7.05 Å². The van der Waals surface area contributed by atoms with E-state index in [0.717, 1.165) is 43.1 Å². The zero-order valence-electron chi connectivity index (χ0n) is 14.3. The third-order valence-electron chi connectivity index (χ3n) is 4.27. The first-order valence-corrected chi connectivity index (χ1v) is 8.92. The summed E-state index contributed by atoms with van der Waals surface area (Å²) in [5.41, 5.74) is 1.18. The molecule has 2 N–H and O–H groups in total. The van der Waals surface area contributed by atoms with Crippen LogP contribution in [0.2, 0.25) is 0 Å². The number of aromatic nitrogens is 3. The summed E-state index contributed by atoms with van der Waals surface area (Å²) >= 11 is 1.55. The summed E-state index contributed by atoms with van der Waals surface area (Å²) < 4.78 is 1.66. The Kier molecular flexibility index (Phi) is 6.37. The molecule has 0 aliphatic carbocycles. The molecule has 1 aliphatic heterocycles. The van der Waals surface area contributed by atoms with Crippen LogP contribution in [0, 0.1) is 6.92 Å². The van der Waals surface area contributed by atoms with Crippen LogP contribution in [0.5, 0.6) is 0 Å². The van der Waals surface area contributed by atoms with Gasteiger partial charge in [0, 0.05) is 17.8 Å². The van der Waals surface area contributed by atoms with E-state index in [1.807, 2.05) is 20.0 Å². The molecule has 1 fully saturated rings. The SMILES string of the molecule is CCc1sc(C(=O)Nc2nc(C3CCNCC3)nn2C)cc1C.Cl. The highest BCUT2D eigenvalue weighted by Crippen LogP contribution is 2.25. The van der Waals surface area contributed by atoms with Crippen LogP contribution < -0.4 is 10.6 Å². The van der Waals surface area contributed by atoms with Gasteiger partial charge in [0.2, 0.25) is 5.95 Å². The van der Waals surface area contributed by atoms with Gasteiger partial charge in [-0.1, -0.05) is 6.92 Å². The van der Waals surface area contributed by atoms with Gasteiger partial charge in [-0.2, -0.15) is 10.1 Å². The maximum atomic E-state index is 12.4. The van der Waals surface area contributed by atoms with E-state index in [9.17, 15) is 4.79 Å². The van der Waals surface area contributed by atoms with Crippen molar-refractivity contribution in [3.8, 4) is 0 Å². The lowest BCUT2D eigenvalue weighted by Gasteiger charge is -2.19. The molecule has 1 aliphatic rings. The van der Waals surface area contributed by atoms with Gasteiger partial charge in [0.1, 0.15) is 0 Å². The first-order chi connectivity index (χ1) is 11.1. The van der Waals surface area contributed by atoms with Crippen molar-refractivity contribution in [1.29, 1.82) is 0 Å². The molecule has 1 saturated heterocycles. The normalized spacial score (nSPS) is 15.1. The molecular formula is C16H24ClN5OS. The van der Waals surface area contributed by atoms with Gasteiger partial charge in [-0.3, -0.25) is 10.1 Å². The number of anilines is 1. The van der Waals surface area contributed by atoms with Crippen LogP contribution in [0.1, 0.15) is 51.6 Å². The third kappa shape index (κ3) is 3.96. The summed E-state index contributed by atoms with van der Waals surface area (Å²) in [7, 11) is 1.82. The highest BCUT2D eigenvalue weighted by atomic mass is 35.5. The second-order valence-corrected chi connectivity index (χ2v) is 7.10.